The van der Waals surface area contributed by atoms with E-state index in [9.17, 15) is 19.2 Å². The van der Waals surface area contributed by atoms with E-state index in [-0.39, 0.29) is 35.7 Å². The van der Waals surface area contributed by atoms with E-state index in [1.807, 2.05) is 33.9 Å². The maximum atomic E-state index is 13.1. The molecule has 1 atom stereocenters. The van der Waals surface area contributed by atoms with Crippen LogP contribution in [0.15, 0.2) is 64.1 Å². The molecular formula is C28H26BrN3O4S. The fraction of sp³-hybridized carbons (Fsp3) is 0.286. The number of aromatic nitrogens is 1. The number of carbonyl (C=O) groups excluding carboxylic acids is 4. The van der Waals surface area contributed by atoms with Crippen molar-refractivity contribution < 1.29 is 19.2 Å². The summed E-state index contributed by atoms with van der Waals surface area (Å²) in [7, 11) is 0. The van der Waals surface area contributed by atoms with E-state index in [0.29, 0.717) is 5.56 Å². The third-order valence-corrected chi connectivity index (χ3v) is 8.26. The number of hydrogen-bond acceptors (Lipinski definition) is 5. The maximum absolute atomic E-state index is 13.1. The predicted molar refractivity (Wildman–Crippen MR) is 148 cm³/mol. The molecule has 0 saturated carbocycles. The molecular weight excluding hydrogens is 554 g/mol. The smallest absolute Gasteiger partial charge is 0.293 e. The van der Waals surface area contributed by atoms with Crippen molar-refractivity contribution in [3.8, 4) is 0 Å². The molecule has 3 aromatic rings. The first-order valence-corrected chi connectivity index (χ1v) is 13.8. The topological polar surface area (TPSA) is 79.7 Å². The first-order chi connectivity index (χ1) is 17.8. The number of amides is 3. The zero-order valence-electron chi connectivity index (χ0n) is 20.4. The van der Waals surface area contributed by atoms with E-state index in [2.05, 4.69) is 22.9 Å². The Morgan fingerprint density at radius 3 is 2.62 bits per heavy atom. The van der Waals surface area contributed by atoms with Crippen molar-refractivity contribution >= 4 is 67.5 Å². The fourth-order valence-electron chi connectivity index (χ4n) is 4.88. The van der Waals surface area contributed by atoms with Crippen LogP contribution in [0.25, 0.3) is 17.0 Å². The van der Waals surface area contributed by atoms with Crippen LogP contribution < -0.4 is 0 Å². The van der Waals surface area contributed by atoms with Gasteiger partial charge in [0.2, 0.25) is 5.91 Å². The van der Waals surface area contributed by atoms with Crippen molar-refractivity contribution in [1.29, 1.82) is 0 Å². The average Bonchev–Trinajstić information content (AvgIpc) is 3.35. The normalized spacial score (nSPS) is 19.3. The Balaban J connectivity index is 1.41. The lowest BCUT2D eigenvalue weighted by atomic mass is 10.0. The maximum Gasteiger partial charge on any atom is 0.293 e. The van der Waals surface area contributed by atoms with Crippen LogP contribution in [-0.2, 0) is 16.1 Å². The fourth-order valence-corrected chi connectivity index (χ4v) is 6.07. The van der Waals surface area contributed by atoms with E-state index in [1.165, 1.54) is 0 Å². The molecule has 9 heteroatoms. The summed E-state index contributed by atoms with van der Waals surface area (Å²) in [5.41, 5.74) is 2.05. The van der Waals surface area contributed by atoms with E-state index < -0.39 is 11.1 Å². The standard InChI is InChI=1S/C28H26BrN3O4S/c1-18-7-5-6-12-31(18)26(34)17-30-15-20(22-14-21(29)10-11-23(22)30)13-25-27(35)32(28(36)37-25)16-24(33)19-8-3-2-4-9-19/h2-4,8-11,13-15,18H,5-7,12,16-17H2,1H3/b25-13-/t18-/m1/s1. The van der Waals surface area contributed by atoms with Gasteiger partial charge in [0, 0.05) is 45.3 Å². The van der Waals surface area contributed by atoms with Crippen molar-refractivity contribution in [2.75, 3.05) is 13.1 Å². The lowest BCUT2D eigenvalue weighted by Crippen LogP contribution is -2.43. The molecule has 0 spiro atoms. The van der Waals surface area contributed by atoms with Crippen LogP contribution in [0.2, 0.25) is 0 Å². The lowest BCUT2D eigenvalue weighted by Gasteiger charge is -2.33. The van der Waals surface area contributed by atoms with Gasteiger partial charge in [0.15, 0.2) is 5.78 Å². The Hall–Kier alpha value is -3.17. The molecule has 190 valence electrons. The third-order valence-electron chi connectivity index (χ3n) is 6.86. The molecule has 2 aromatic carbocycles. The number of imide groups is 1. The SMILES string of the molecule is C[C@@H]1CCCCN1C(=O)Cn1cc(/C=C2\SC(=O)N(CC(=O)c3ccccc3)C2=O)c2cc(Br)ccc21. The van der Waals surface area contributed by atoms with Crippen LogP contribution in [0.1, 0.15) is 42.1 Å². The summed E-state index contributed by atoms with van der Waals surface area (Å²) in [6, 6.07) is 14.6. The second-order valence-corrected chi connectivity index (χ2v) is 11.3. The molecule has 37 heavy (non-hydrogen) atoms. The van der Waals surface area contributed by atoms with Gasteiger partial charge in [-0.15, -0.1) is 0 Å². The van der Waals surface area contributed by atoms with Gasteiger partial charge in [-0.25, -0.2) is 0 Å². The summed E-state index contributed by atoms with van der Waals surface area (Å²) in [5.74, 6) is -0.721. The van der Waals surface area contributed by atoms with Crippen molar-refractivity contribution in [1.82, 2.24) is 14.4 Å². The Kier molecular flexibility index (Phi) is 7.35. The molecule has 7 nitrogen and oxygen atoms in total. The Morgan fingerprint density at radius 1 is 1.08 bits per heavy atom. The van der Waals surface area contributed by atoms with Crippen LogP contribution in [0.5, 0.6) is 0 Å². The minimum absolute atomic E-state index is 0.0679. The Morgan fingerprint density at radius 2 is 1.86 bits per heavy atom. The number of carbonyl (C=O) groups is 4. The summed E-state index contributed by atoms with van der Waals surface area (Å²) < 4.78 is 2.77. The highest BCUT2D eigenvalue weighted by Gasteiger charge is 2.36. The van der Waals surface area contributed by atoms with E-state index in [1.54, 1.807) is 36.4 Å². The van der Waals surface area contributed by atoms with Gasteiger partial charge in [-0.05, 0) is 62.2 Å². The third kappa shape index (κ3) is 5.29. The highest BCUT2D eigenvalue weighted by atomic mass is 79.9. The molecule has 1 aromatic heterocycles. The van der Waals surface area contributed by atoms with Crippen LogP contribution in [0.3, 0.4) is 0 Å². The number of thioether (sulfide) groups is 1. The van der Waals surface area contributed by atoms with Gasteiger partial charge in [0.25, 0.3) is 11.1 Å². The van der Waals surface area contributed by atoms with Crippen molar-refractivity contribution in [3.63, 3.8) is 0 Å². The van der Waals surface area contributed by atoms with Gasteiger partial charge in [0.1, 0.15) is 6.54 Å². The number of Topliss-reactive ketones (excluding diaryl/α,β-unsaturated/α-hetero) is 1. The van der Waals surface area contributed by atoms with E-state index in [4.69, 9.17) is 0 Å². The summed E-state index contributed by atoms with van der Waals surface area (Å²) in [5, 5.41) is 0.390. The Bertz CT molecular complexity index is 1430. The summed E-state index contributed by atoms with van der Waals surface area (Å²) in [4.78, 5) is 54.7. The molecule has 0 bridgehead atoms. The van der Waals surface area contributed by atoms with Crippen molar-refractivity contribution in [2.24, 2.45) is 0 Å². The molecule has 3 heterocycles. The van der Waals surface area contributed by atoms with Crippen LogP contribution >= 0.6 is 27.7 Å². The molecule has 2 fully saturated rings. The van der Waals surface area contributed by atoms with Gasteiger partial charge in [0.05, 0.1) is 11.4 Å². The summed E-state index contributed by atoms with van der Waals surface area (Å²) in [6.45, 7) is 2.75. The van der Waals surface area contributed by atoms with Crippen LogP contribution in [-0.4, -0.2) is 56.3 Å². The summed E-state index contributed by atoms with van der Waals surface area (Å²) in [6.07, 6.45) is 6.70. The first-order valence-electron chi connectivity index (χ1n) is 12.2. The number of likely N-dealkylation sites (tertiary alicyclic amines) is 1. The average molecular weight is 581 g/mol. The highest BCUT2D eigenvalue weighted by molar-refractivity contribution is 9.10. The number of ketones is 1. The summed E-state index contributed by atoms with van der Waals surface area (Å²) >= 11 is 4.34. The Labute approximate surface area is 227 Å². The second kappa shape index (κ2) is 10.7. The van der Waals surface area contributed by atoms with Gasteiger partial charge in [-0.3, -0.25) is 24.1 Å². The number of rotatable bonds is 6. The number of halogens is 1. The zero-order chi connectivity index (χ0) is 26.1. The van der Waals surface area contributed by atoms with Gasteiger partial charge in [-0.1, -0.05) is 46.3 Å². The quantitative estimate of drug-likeness (QED) is 0.275. The molecule has 5 rings (SSSR count). The molecule has 0 unspecified atom stereocenters. The molecule has 3 amide bonds. The number of benzene rings is 2. The molecule has 0 aliphatic carbocycles. The minimum Gasteiger partial charge on any atom is -0.338 e. The monoisotopic (exact) mass is 579 g/mol. The van der Waals surface area contributed by atoms with Crippen molar-refractivity contribution in [2.45, 2.75) is 38.8 Å². The van der Waals surface area contributed by atoms with Gasteiger partial charge >= 0.3 is 0 Å². The van der Waals surface area contributed by atoms with E-state index >= 15 is 0 Å². The molecule has 2 aliphatic rings. The number of nitrogens with zero attached hydrogens (tertiary/aromatic N) is 3. The van der Waals surface area contributed by atoms with Gasteiger partial charge in [-0.2, -0.15) is 0 Å². The lowest BCUT2D eigenvalue weighted by molar-refractivity contribution is -0.135. The van der Waals surface area contributed by atoms with Gasteiger partial charge < -0.3 is 9.47 Å². The predicted octanol–water partition coefficient (Wildman–Crippen LogP) is 5.72. The minimum atomic E-state index is -0.492. The van der Waals surface area contributed by atoms with Crippen LogP contribution in [0, 0.1) is 0 Å². The number of piperidine rings is 1. The molecule has 2 saturated heterocycles. The highest BCUT2D eigenvalue weighted by Crippen LogP contribution is 2.35. The zero-order valence-corrected chi connectivity index (χ0v) is 22.8. The molecule has 0 N–H and O–H groups in total. The van der Waals surface area contributed by atoms with Crippen LogP contribution in [0.4, 0.5) is 4.79 Å². The van der Waals surface area contributed by atoms with E-state index in [0.717, 1.165) is 63.4 Å². The molecule has 0 radical (unpaired) electrons. The van der Waals surface area contributed by atoms with Crippen molar-refractivity contribution in [3.05, 3.63) is 75.2 Å². The number of fused-ring (bicyclic) bond motifs is 1. The first kappa shape index (κ1) is 25.5. The second-order valence-electron chi connectivity index (χ2n) is 9.36. The molecule has 2 aliphatic heterocycles. The largest absolute Gasteiger partial charge is 0.338 e. The number of hydrogen-bond donors (Lipinski definition) is 0.